The van der Waals surface area contributed by atoms with E-state index in [1.807, 2.05) is 0 Å². The number of hydrogen-bond acceptors (Lipinski definition) is 3. The highest BCUT2D eigenvalue weighted by Gasteiger charge is 2.28. The maximum Gasteiger partial charge on any atom is 0.223 e. The zero-order valence-electron chi connectivity index (χ0n) is 13.3. The molecular formula is C17H20F2N2O3. The molecule has 1 atom stereocenters. The fourth-order valence-electron chi connectivity index (χ4n) is 2.99. The Labute approximate surface area is 138 Å². The van der Waals surface area contributed by atoms with Gasteiger partial charge in [0, 0.05) is 37.9 Å². The highest BCUT2D eigenvalue weighted by atomic mass is 19.1. The van der Waals surface area contributed by atoms with Crippen LogP contribution in [0.5, 0.6) is 0 Å². The van der Waals surface area contributed by atoms with Gasteiger partial charge in [0.2, 0.25) is 11.8 Å². The summed E-state index contributed by atoms with van der Waals surface area (Å²) in [5.41, 5.74) is 4.98. The van der Waals surface area contributed by atoms with Crippen molar-refractivity contribution in [2.45, 2.75) is 44.6 Å². The lowest BCUT2D eigenvalue weighted by Crippen LogP contribution is -2.45. The molecule has 1 aliphatic heterocycles. The zero-order valence-corrected chi connectivity index (χ0v) is 13.3. The van der Waals surface area contributed by atoms with E-state index in [-0.39, 0.29) is 36.8 Å². The van der Waals surface area contributed by atoms with Crippen LogP contribution in [0.25, 0.3) is 0 Å². The van der Waals surface area contributed by atoms with Crippen molar-refractivity contribution in [1.29, 1.82) is 0 Å². The van der Waals surface area contributed by atoms with Crippen molar-refractivity contribution in [3.63, 3.8) is 0 Å². The van der Waals surface area contributed by atoms with E-state index >= 15 is 0 Å². The van der Waals surface area contributed by atoms with E-state index in [0.29, 0.717) is 19.0 Å². The second-order valence-corrected chi connectivity index (χ2v) is 5.95. The molecule has 1 saturated heterocycles. The van der Waals surface area contributed by atoms with Crippen LogP contribution in [0.1, 0.15) is 48.9 Å². The van der Waals surface area contributed by atoms with Gasteiger partial charge in [-0.2, -0.15) is 0 Å². The summed E-state index contributed by atoms with van der Waals surface area (Å²) in [5, 5.41) is 0. The summed E-state index contributed by atoms with van der Waals surface area (Å²) in [6.07, 6.45) is 2.32. The van der Waals surface area contributed by atoms with E-state index < -0.39 is 23.3 Å². The van der Waals surface area contributed by atoms with Gasteiger partial charge in [0.05, 0.1) is 5.56 Å². The van der Waals surface area contributed by atoms with Crippen LogP contribution in [0.2, 0.25) is 0 Å². The van der Waals surface area contributed by atoms with Crippen molar-refractivity contribution < 1.29 is 23.2 Å². The normalized spacial score (nSPS) is 17.6. The van der Waals surface area contributed by atoms with Gasteiger partial charge in [-0.15, -0.1) is 0 Å². The molecular weight excluding hydrogens is 318 g/mol. The van der Waals surface area contributed by atoms with Crippen LogP contribution in [-0.2, 0) is 9.59 Å². The third-order valence-corrected chi connectivity index (χ3v) is 4.18. The Morgan fingerprint density at radius 3 is 2.58 bits per heavy atom. The second kappa shape index (κ2) is 7.99. The molecule has 7 heteroatoms. The average Bonchev–Trinajstić information content (AvgIpc) is 2.52. The highest BCUT2D eigenvalue weighted by Crippen LogP contribution is 2.21. The van der Waals surface area contributed by atoms with E-state index in [4.69, 9.17) is 5.73 Å². The molecule has 2 rings (SSSR count). The molecule has 1 heterocycles. The van der Waals surface area contributed by atoms with Crippen LogP contribution in [0, 0.1) is 11.6 Å². The summed E-state index contributed by atoms with van der Waals surface area (Å²) in [7, 11) is 0. The van der Waals surface area contributed by atoms with E-state index in [9.17, 15) is 23.2 Å². The fraction of sp³-hybridized carbons (Fsp3) is 0.471. The number of likely N-dealkylation sites (tertiary alicyclic amines) is 1. The fourth-order valence-corrected chi connectivity index (χ4v) is 2.99. The predicted molar refractivity (Wildman–Crippen MR) is 83.1 cm³/mol. The second-order valence-electron chi connectivity index (χ2n) is 5.95. The largest absolute Gasteiger partial charge is 0.370 e. The topological polar surface area (TPSA) is 80.5 Å². The zero-order chi connectivity index (χ0) is 17.7. The number of nitrogens with zero attached hydrogens (tertiary/aromatic N) is 1. The van der Waals surface area contributed by atoms with Crippen molar-refractivity contribution in [1.82, 2.24) is 4.90 Å². The Morgan fingerprint density at radius 2 is 1.92 bits per heavy atom. The molecule has 1 unspecified atom stereocenters. The first-order valence-corrected chi connectivity index (χ1v) is 7.94. The van der Waals surface area contributed by atoms with Gasteiger partial charge < -0.3 is 10.6 Å². The average molecular weight is 338 g/mol. The Bertz CT molecular complexity index is 649. The number of amides is 2. The smallest absolute Gasteiger partial charge is 0.223 e. The quantitative estimate of drug-likeness (QED) is 0.807. The molecule has 0 spiro atoms. The lowest BCUT2D eigenvalue weighted by Gasteiger charge is -2.35. The number of piperidine rings is 1. The summed E-state index contributed by atoms with van der Waals surface area (Å²) >= 11 is 0. The molecule has 0 bridgehead atoms. The molecule has 24 heavy (non-hydrogen) atoms. The summed E-state index contributed by atoms with van der Waals surface area (Å²) in [6.45, 7) is 0.524. The molecule has 0 aromatic heterocycles. The molecule has 1 fully saturated rings. The standard InChI is InChI=1S/C17H20F2N2O3/c18-11-4-5-13(14(19)9-11)15(22)6-7-17(24)21-8-2-1-3-12(21)10-16(20)23/h4-5,9,12H,1-3,6-8,10H2,(H2,20,23). The number of halogens is 2. The van der Waals surface area contributed by atoms with Crippen LogP contribution >= 0.6 is 0 Å². The number of rotatable bonds is 6. The number of benzene rings is 1. The van der Waals surface area contributed by atoms with Gasteiger partial charge in [-0.25, -0.2) is 8.78 Å². The molecule has 1 aliphatic rings. The first kappa shape index (κ1) is 18.0. The molecule has 0 saturated carbocycles. The van der Waals surface area contributed by atoms with E-state index in [2.05, 4.69) is 0 Å². The van der Waals surface area contributed by atoms with Crippen molar-refractivity contribution in [3.05, 3.63) is 35.4 Å². The lowest BCUT2D eigenvalue weighted by molar-refractivity contribution is -0.135. The summed E-state index contributed by atoms with van der Waals surface area (Å²) in [6, 6.07) is 2.49. The van der Waals surface area contributed by atoms with Crippen LogP contribution < -0.4 is 5.73 Å². The van der Waals surface area contributed by atoms with Crippen LogP contribution in [0.3, 0.4) is 0 Å². The van der Waals surface area contributed by atoms with Gasteiger partial charge >= 0.3 is 0 Å². The number of carbonyl (C=O) groups excluding carboxylic acids is 3. The molecule has 1 aromatic rings. The molecule has 2 amide bonds. The summed E-state index contributed by atoms with van der Waals surface area (Å²) in [4.78, 5) is 37.0. The Hall–Kier alpha value is -2.31. The molecule has 5 nitrogen and oxygen atoms in total. The number of nitrogens with two attached hydrogens (primary N) is 1. The van der Waals surface area contributed by atoms with Crippen molar-refractivity contribution in [2.75, 3.05) is 6.54 Å². The minimum absolute atomic E-state index is 0.0785. The molecule has 130 valence electrons. The van der Waals surface area contributed by atoms with Crippen LogP contribution in [0.15, 0.2) is 18.2 Å². The first-order valence-electron chi connectivity index (χ1n) is 7.94. The van der Waals surface area contributed by atoms with Gasteiger partial charge in [0.1, 0.15) is 11.6 Å². The Morgan fingerprint density at radius 1 is 1.17 bits per heavy atom. The number of ketones is 1. The number of hydrogen-bond donors (Lipinski definition) is 1. The molecule has 0 radical (unpaired) electrons. The van der Waals surface area contributed by atoms with E-state index in [1.54, 1.807) is 4.90 Å². The first-order chi connectivity index (χ1) is 11.4. The van der Waals surface area contributed by atoms with Crippen molar-refractivity contribution in [3.8, 4) is 0 Å². The van der Waals surface area contributed by atoms with Crippen molar-refractivity contribution in [2.24, 2.45) is 5.73 Å². The SMILES string of the molecule is NC(=O)CC1CCCCN1C(=O)CCC(=O)c1ccc(F)cc1F. The van der Waals surface area contributed by atoms with Gasteiger partial charge in [-0.3, -0.25) is 14.4 Å². The number of Topliss-reactive ketones (excluding diaryl/α,β-unsaturated/α-hetero) is 1. The predicted octanol–water partition coefficient (Wildman–Crippen LogP) is 2.18. The third-order valence-electron chi connectivity index (χ3n) is 4.18. The van der Waals surface area contributed by atoms with Gasteiger partial charge in [0.25, 0.3) is 0 Å². The summed E-state index contributed by atoms with van der Waals surface area (Å²) < 4.78 is 26.4. The Kier molecular flexibility index (Phi) is 6.00. The molecule has 0 aliphatic carbocycles. The van der Waals surface area contributed by atoms with Crippen molar-refractivity contribution >= 4 is 17.6 Å². The number of carbonyl (C=O) groups is 3. The monoisotopic (exact) mass is 338 g/mol. The van der Waals surface area contributed by atoms with E-state index in [0.717, 1.165) is 25.0 Å². The van der Waals surface area contributed by atoms with Gasteiger partial charge in [0.15, 0.2) is 5.78 Å². The Balaban J connectivity index is 1.95. The number of primary amides is 1. The minimum atomic E-state index is -0.933. The highest BCUT2D eigenvalue weighted by molar-refractivity contribution is 5.98. The van der Waals surface area contributed by atoms with Gasteiger partial charge in [-0.05, 0) is 31.4 Å². The summed E-state index contributed by atoms with van der Waals surface area (Å²) in [5.74, 6) is -2.97. The van der Waals surface area contributed by atoms with Crippen LogP contribution in [-0.4, -0.2) is 35.1 Å². The lowest BCUT2D eigenvalue weighted by atomic mass is 9.98. The van der Waals surface area contributed by atoms with E-state index in [1.165, 1.54) is 0 Å². The minimum Gasteiger partial charge on any atom is -0.370 e. The maximum absolute atomic E-state index is 13.6. The van der Waals surface area contributed by atoms with Gasteiger partial charge in [-0.1, -0.05) is 0 Å². The molecule has 1 aromatic carbocycles. The van der Waals surface area contributed by atoms with Crippen LogP contribution in [0.4, 0.5) is 8.78 Å². The maximum atomic E-state index is 13.6. The third kappa shape index (κ3) is 4.59. The molecule has 2 N–H and O–H groups in total.